The molecule has 178 valence electrons. The maximum atomic E-state index is 12.7. The first kappa shape index (κ1) is 23.3. The van der Waals surface area contributed by atoms with Crippen molar-refractivity contribution in [3.05, 3.63) is 64.0 Å². The number of aromatic nitrogens is 4. The fourth-order valence-corrected chi connectivity index (χ4v) is 5.82. The molecule has 9 nitrogen and oxygen atoms in total. The van der Waals surface area contributed by atoms with Gasteiger partial charge in [-0.15, -0.1) is 0 Å². The van der Waals surface area contributed by atoms with Gasteiger partial charge in [0.15, 0.2) is 0 Å². The first-order chi connectivity index (χ1) is 17.1. The third-order valence-corrected chi connectivity index (χ3v) is 7.72. The summed E-state index contributed by atoms with van der Waals surface area (Å²) in [5.41, 5.74) is 6.41. The minimum absolute atomic E-state index is 0.0570. The van der Waals surface area contributed by atoms with Crippen molar-refractivity contribution in [3.8, 4) is 32.7 Å². The molecule has 2 aliphatic rings. The highest BCUT2D eigenvalue weighted by atomic mass is 79.9. The second-order valence-electron chi connectivity index (χ2n) is 8.01. The van der Waals surface area contributed by atoms with Gasteiger partial charge in [-0.3, -0.25) is 9.78 Å². The molecule has 1 aliphatic carbocycles. The van der Waals surface area contributed by atoms with E-state index < -0.39 is 0 Å². The molecule has 1 fully saturated rings. The van der Waals surface area contributed by atoms with E-state index >= 15 is 0 Å². The Morgan fingerprint density at radius 2 is 2.03 bits per heavy atom. The summed E-state index contributed by atoms with van der Waals surface area (Å²) in [6, 6.07) is 9.60. The maximum Gasteiger partial charge on any atom is 0.294 e. The molecule has 3 aromatic heterocycles. The second-order valence-corrected chi connectivity index (χ2v) is 9.83. The summed E-state index contributed by atoms with van der Waals surface area (Å²) in [5.74, 6) is 5.47. The number of amides is 1. The van der Waals surface area contributed by atoms with Gasteiger partial charge in [0.2, 0.25) is 0 Å². The van der Waals surface area contributed by atoms with Gasteiger partial charge in [-0.1, -0.05) is 11.3 Å². The molecule has 0 spiro atoms. The Bertz CT molecular complexity index is 1400. The third kappa shape index (κ3) is 4.05. The quantitative estimate of drug-likeness (QED) is 0.382. The smallest absolute Gasteiger partial charge is 0.294 e. The standard InChI is InChI=1S/C23H19BrN6O2S.CH2O/c24-16-11-13(22(31)29-9-2-10-29)4-7-18(16)30-20-15(19(28-30)14-3-1-8-26-12-14)5-6-17-21(20)33-23(27-17)32-25;1-2/h1,3-4,7-8,11-12H,2,5-6,9-10,25H2;1H2. The van der Waals surface area contributed by atoms with Crippen LogP contribution < -0.4 is 10.7 Å². The molecule has 1 aromatic carbocycles. The topological polar surface area (TPSA) is 116 Å². The molecule has 4 aromatic rings. The average molecular weight is 553 g/mol. The lowest BCUT2D eigenvalue weighted by Crippen LogP contribution is -2.42. The minimum Gasteiger partial charge on any atom is -0.380 e. The van der Waals surface area contributed by atoms with Gasteiger partial charge in [0.05, 0.1) is 27.6 Å². The molecule has 0 radical (unpaired) electrons. The van der Waals surface area contributed by atoms with Crippen LogP contribution in [-0.4, -0.2) is 50.4 Å². The molecule has 1 aliphatic heterocycles. The van der Waals surface area contributed by atoms with E-state index in [2.05, 4.69) is 25.9 Å². The van der Waals surface area contributed by atoms with Crippen LogP contribution >= 0.6 is 27.3 Å². The van der Waals surface area contributed by atoms with Crippen LogP contribution in [0, 0.1) is 0 Å². The summed E-state index contributed by atoms with van der Waals surface area (Å²) in [4.78, 5) is 37.3. The van der Waals surface area contributed by atoms with Crippen molar-refractivity contribution in [1.29, 1.82) is 0 Å². The number of rotatable bonds is 4. The van der Waals surface area contributed by atoms with Crippen molar-refractivity contribution >= 4 is 40.0 Å². The Balaban J connectivity index is 0.00000124. The monoisotopic (exact) mass is 552 g/mol. The van der Waals surface area contributed by atoms with E-state index in [-0.39, 0.29) is 5.91 Å². The number of thiazole rings is 1. The van der Waals surface area contributed by atoms with Crippen LogP contribution in [0.1, 0.15) is 28.0 Å². The lowest BCUT2D eigenvalue weighted by molar-refractivity contribution is -0.0980. The number of aryl methyl sites for hydroxylation is 1. The zero-order valence-corrected chi connectivity index (χ0v) is 21.0. The fraction of sp³-hybridized carbons (Fsp3) is 0.208. The number of nitrogens with zero attached hydrogens (tertiary/aromatic N) is 5. The van der Waals surface area contributed by atoms with E-state index in [0.717, 1.165) is 75.6 Å². The first-order valence-corrected chi connectivity index (χ1v) is 12.5. The SMILES string of the molecule is C=O.NOc1nc2c(s1)-c1c(c(-c3cccnc3)nn1-c1ccc(C(=O)N3CCC3)cc1Br)CC2. The number of halogens is 1. The number of hydrogen-bond donors (Lipinski definition) is 1. The molecular formula is C24H21BrN6O3S. The van der Waals surface area contributed by atoms with Crippen LogP contribution in [0.4, 0.5) is 0 Å². The molecule has 1 amide bonds. The van der Waals surface area contributed by atoms with Crippen molar-refractivity contribution in [2.45, 2.75) is 19.3 Å². The van der Waals surface area contributed by atoms with Crippen molar-refractivity contribution in [1.82, 2.24) is 24.6 Å². The molecule has 2 N–H and O–H groups in total. The normalized spacial score (nSPS) is 13.7. The van der Waals surface area contributed by atoms with Crippen LogP contribution in [-0.2, 0) is 17.6 Å². The number of carbonyl (C=O) groups excluding carboxylic acids is 2. The molecule has 0 saturated carbocycles. The lowest BCUT2D eigenvalue weighted by atomic mass is 9.95. The van der Waals surface area contributed by atoms with Crippen molar-refractivity contribution in [2.75, 3.05) is 13.1 Å². The number of benzene rings is 1. The number of nitrogens with two attached hydrogens (primary N) is 1. The predicted molar refractivity (Wildman–Crippen MR) is 135 cm³/mol. The Labute approximate surface area is 213 Å². The molecule has 11 heteroatoms. The summed E-state index contributed by atoms with van der Waals surface area (Å²) in [6.07, 6.45) is 6.22. The van der Waals surface area contributed by atoms with Gasteiger partial charge < -0.3 is 14.5 Å². The molecular weight excluding hydrogens is 532 g/mol. The van der Waals surface area contributed by atoms with E-state index in [9.17, 15) is 4.79 Å². The zero-order chi connectivity index (χ0) is 24.5. The van der Waals surface area contributed by atoms with Crippen LogP contribution in [0.2, 0.25) is 0 Å². The van der Waals surface area contributed by atoms with Crippen molar-refractivity contribution < 1.29 is 14.4 Å². The van der Waals surface area contributed by atoms with E-state index in [1.165, 1.54) is 11.3 Å². The van der Waals surface area contributed by atoms with Crippen LogP contribution in [0.15, 0.2) is 47.2 Å². The molecule has 0 unspecified atom stereocenters. The zero-order valence-electron chi connectivity index (χ0n) is 18.6. The molecule has 1 saturated heterocycles. The Kier molecular flexibility index (Phi) is 6.46. The summed E-state index contributed by atoms with van der Waals surface area (Å²) < 4.78 is 2.72. The number of fused-ring (bicyclic) bond motifs is 3. The van der Waals surface area contributed by atoms with E-state index in [1.54, 1.807) is 6.20 Å². The summed E-state index contributed by atoms with van der Waals surface area (Å²) in [6.45, 7) is 3.64. The molecule has 0 bridgehead atoms. The van der Waals surface area contributed by atoms with Gasteiger partial charge >= 0.3 is 0 Å². The molecule has 6 rings (SSSR count). The van der Waals surface area contributed by atoms with Crippen LogP contribution in [0.25, 0.3) is 27.5 Å². The maximum absolute atomic E-state index is 12.7. The van der Waals surface area contributed by atoms with E-state index in [0.29, 0.717) is 10.8 Å². The van der Waals surface area contributed by atoms with Crippen molar-refractivity contribution in [2.24, 2.45) is 5.90 Å². The number of carbonyl (C=O) groups is 2. The van der Waals surface area contributed by atoms with Gasteiger partial charge in [-0.25, -0.2) is 9.67 Å². The molecule has 35 heavy (non-hydrogen) atoms. The summed E-state index contributed by atoms with van der Waals surface area (Å²) >= 11 is 5.11. The van der Waals surface area contributed by atoms with Crippen LogP contribution in [0.5, 0.6) is 5.19 Å². The van der Waals surface area contributed by atoms with E-state index in [4.69, 9.17) is 20.6 Å². The number of hydrogen-bond acceptors (Lipinski definition) is 8. The first-order valence-electron chi connectivity index (χ1n) is 10.9. The highest BCUT2D eigenvalue weighted by Crippen LogP contribution is 2.45. The Morgan fingerprint density at radius 1 is 1.20 bits per heavy atom. The minimum atomic E-state index is 0.0570. The fourth-order valence-electron chi connectivity index (χ4n) is 4.32. The second kappa shape index (κ2) is 9.68. The van der Waals surface area contributed by atoms with Gasteiger partial charge in [-0.2, -0.15) is 11.0 Å². The predicted octanol–water partition coefficient (Wildman–Crippen LogP) is 3.83. The van der Waals surface area contributed by atoms with Crippen molar-refractivity contribution in [3.63, 3.8) is 0 Å². The Hall–Kier alpha value is -3.41. The number of pyridine rings is 1. The van der Waals surface area contributed by atoms with Gasteiger partial charge in [0.1, 0.15) is 6.79 Å². The summed E-state index contributed by atoms with van der Waals surface area (Å²) in [5, 5.41) is 5.45. The number of likely N-dealkylation sites (tertiary alicyclic amines) is 1. The lowest BCUT2D eigenvalue weighted by Gasteiger charge is -2.31. The summed E-state index contributed by atoms with van der Waals surface area (Å²) in [7, 11) is 0. The molecule has 4 heterocycles. The largest absolute Gasteiger partial charge is 0.380 e. The molecule has 0 atom stereocenters. The van der Waals surface area contributed by atoms with Gasteiger partial charge in [-0.05, 0) is 65.5 Å². The highest BCUT2D eigenvalue weighted by molar-refractivity contribution is 9.10. The van der Waals surface area contributed by atoms with E-state index in [1.807, 2.05) is 52.9 Å². The average Bonchev–Trinajstić information content (AvgIpc) is 3.46. The van der Waals surface area contributed by atoms with Crippen LogP contribution in [0.3, 0.4) is 0 Å². The Morgan fingerprint density at radius 3 is 2.69 bits per heavy atom. The van der Waals surface area contributed by atoms with Gasteiger partial charge in [0.25, 0.3) is 11.1 Å². The highest BCUT2D eigenvalue weighted by Gasteiger charge is 2.31. The van der Waals surface area contributed by atoms with Gasteiger partial charge in [0, 0.05) is 46.6 Å². The third-order valence-electron chi connectivity index (χ3n) is 6.09.